The standard InChI is InChI=1S/C16H26N4O.HI/c17-16(19-13-6-1-2-7-13)18-12-14(15-8-5-11-21-15)20-9-3-4-10-20;/h5,8,11,13-14H,1-4,6-7,9-10,12H2,(H3,17,18,19);1H. The van der Waals surface area contributed by atoms with E-state index in [0.29, 0.717) is 18.5 Å². The summed E-state index contributed by atoms with van der Waals surface area (Å²) in [6.45, 7) is 2.91. The second kappa shape index (κ2) is 8.76. The van der Waals surface area contributed by atoms with Crippen LogP contribution in [0.4, 0.5) is 0 Å². The maximum Gasteiger partial charge on any atom is 0.188 e. The van der Waals surface area contributed by atoms with Gasteiger partial charge in [-0.25, -0.2) is 0 Å². The van der Waals surface area contributed by atoms with E-state index < -0.39 is 0 Å². The van der Waals surface area contributed by atoms with E-state index in [1.807, 2.05) is 12.1 Å². The number of hydrogen-bond donors (Lipinski definition) is 2. The lowest BCUT2D eigenvalue weighted by atomic mass is 10.2. The molecule has 124 valence electrons. The number of guanidine groups is 1. The molecule has 1 saturated heterocycles. The summed E-state index contributed by atoms with van der Waals surface area (Å²) in [6, 6.07) is 4.72. The Labute approximate surface area is 149 Å². The zero-order valence-corrected chi connectivity index (χ0v) is 15.4. The predicted molar refractivity (Wildman–Crippen MR) is 99.6 cm³/mol. The molecule has 0 bridgehead atoms. The van der Waals surface area contributed by atoms with Crippen molar-refractivity contribution >= 4 is 29.9 Å². The van der Waals surface area contributed by atoms with Crippen molar-refractivity contribution in [3.8, 4) is 0 Å². The number of aliphatic imine (C=N–C) groups is 1. The molecule has 1 saturated carbocycles. The van der Waals surface area contributed by atoms with E-state index in [0.717, 1.165) is 18.8 Å². The molecule has 2 aliphatic rings. The third-order valence-electron chi connectivity index (χ3n) is 4.59. The molecule has 22 heavy (non-hydrogen) atoms. The first-order valence-corrected chi connectivity index (χ1v) is 8.17. The Hall–Kier alpha value is -0.760. The summed E-state index contributed by atoms with van der Waals surface area (Å²) in [5, 5.41) is 3.35. The van der Waals surface area contributed by atoms with E-state index >= 15 is 0 Å². The summed E-state index contributed by atoms with van der Waals surface area (Å²) in [4.78, 5) is 7.02. The quantitative estimate of drug-likeness (QED) is 0.439. The van der Waals surface area contributed by atoms with Crippen LogP contribution in [0.1, 0.15) is 50.3 Å². The normalized spacial score (nSPS) is 21.7. The van der Waals surface area contributed by atoms with Crippen molar-refractivity contribution in [1.29, 1.82) is 0 Å². The van der Waals surface area contributed by atoms with Gasteiger partial charge < -0.3 is 15.5 Å². The zero-order valence-electron chi connectivity index (χ0n) is 13.0. The lowest BCUT2D eigenvalue weighted by molar-refractivity contribution is 0.221. The number of rotatable bonds is 5. The molecule has 1 aromatic rings. The molecule has 1 aliphatic carbocycles. The SMILES string of the molecule is I.NC(=NCC(c1ccco1)N1CCCC1)NC1CCCC1. The van der Waals surface area contributed by atoms with Gasteiger partial charge in [0.15, 0.2) is 5.96 Å². The highest BCUT2D eigenvalue weighted by atomic mass is 127. The summed E-state index contributed by atoms with van der Waals surface area (Å²) >= 11 is 0. The van der Waals surface area contributed by atoms with Crippen molar-refractivity contribution < 1.29 is 4.42 Å². The number of furan rings is 1. The second-order valence-electron chi connectivity index (χ2n) is 6.13. The van der Waals surface area contributed by atoms with Gasteiger partial charge in [0, 0.05) is 6.04 Å². The van der Waals surface area contributed by atoms with Crippen molar-refractivity contribution in [2.45, 2.75) is 50.6 Å². The highest BCUT2D eigenvalue weighted by molar-refractivity contribution is 14.0. The Balaban J connectivity index is 0.00000176. The maximum absolute atomic E-state index is 6.04. The third kappa shape index (κ3) is 4.62. The van der Waals surface area contributed by atoms with Gasteiger partial charge in [0.2, 0.25) is 0 Å². The molecule has 1 aromatic heterocycles. The van der Waals surface area contributed by atoms with Gasteiger partial charge in [-0.1, -0.05) is 12.8 Å². The minimum absolute atomic E-state index is 0. The van der Waals surface area contributed by atoms with Gasteiger partial charge in [-0.3, -0.25) is 9.89 Å². The molecule has 2 fully saturated rings. The Morgan fingerprint density at radius 3 is 2.68 bits per heavy atom. The molecule has 3 rings (SSSR count). The largest absolute Gasteiger partial charge is 0.468 e. The number of hydrogen-bond acceptors (Lipinski definition) is 3. The molecular weight excluding hydrogens is 391 g/mol. The second-order valence-corrected chi connectivity index (χ2v) is 6.13. The van der Waals surface area contributed by atoms with Crippen LogP contribution in [0, 0.1) is 0 Å². The van der Waals surface area contributed by atoms with E-state index in [1.54, 1.807) is 6.26 Å². The first kappa shape index (κ1) is 17.6. The van der Waals surface area contributed by atoms with Gasteiger partial charge in [-0.2, -0.15) is 0 Å². The monoisotopic (exact) mass is 418 g/mol. The van der Waals surface area contributed by atoms with E-state index in [9.17, 15) is 0 Å². The van der Waals surface area contributed by atoms with Gasteiger partial charge in [0.1, 0.15) is 5.76 Å². The molecule has 0 radical (unpaired) electrons. The Bertz CT molecular complexity index is 451. The maximum atomic E-state index is 6.04. The molecule has 1 atom stereocenters. The van der Waals surface area contributed by atoms with Crippen molar-refractivity contribution in [3.05, 3.63) is 24.2 Å². The van der Waals surface area contributed by atoms with Crippen molar-refractivity contribution in [2.24, 2.45) is 10.7 Å². The van der Waals surface area contributed by atoms with Crippen LogP contribution in [0.15, 0.2) is 27.8 Å². The van der Waals surface area contributed by atoms with Crippen LogP contribution in [0.3, 0.4) is 0 Å². The van der Waals surface area contributed by atoms with Crippen LogP contribution in [-0.4, -0.2) is 36.5 Å². The van der Waals surface area contributed by atoms with Crippen LogP contribution < -0.4 is 11.1 Å². The fourth-order valence-electron chi connectivity index (χ4n) is 3.43. The van der Waals surface area contributed by atoms with E-state index in [-0.39, 0.29) is 30.0 Å². The van der Waals surface area contributed by atoms with Gasteiger partial charge >= 0.3 is 0 Å². The summed E-state index contributed by atoms with van der Waals surface area (Å²) in [6.07, 6.45) is 9.28. The smallest absolute Gasteiger partial charge is 0.188 e. The van der Waals surface area contributed by atoms with Gasteiger partial charge in [-0.15, -0.1) is 24.0 Å². The Morgan fingerprint density at radius 1 is 1.32 bits per heavy atom. The van der Waals surface area contributed by atoms with E-state index in [1.165, 1.54) is 38.5 Å². The van der Waals surface area contributed by atoms with Crippen LogP contribution >= 0.6 is 24.0 Å². The minimum Gasteiger partial charge on any atom is -0.468 e. The molecular formula is C16H27IN4O. The molecule has 0 spiro atoms. The number of nitrogens with one attached hydrogen (secondary N) is 1. The summed E-state index contributed by atoms with van der Waals surface area (Å²) in [5.74, 6) is 1.58. The average molecular weight is 418 g/mol. The van der Waals surface area contributed by atoms with Crippen molar-refractivity contribution in [2.75, 3.05) is 19.6 Å². The Kier molecular flexibility index (Phi) is 7.01. The first-order valence-electron chi connectivity index (χ1n) is 8.17. The highest BCUT2D eigenvalue weighted by Gasteiger charge is 2.25. The first-order chi connectivity index (χ1) is 10.3. The van der Waals surface area contributed by atoms with Crippen LogP contribution in [0.25, 0.3) is 0 Å². The van der Waals surface area contributed by atoms with E-state index in [4.69, 9.17) is 10.2 Å². The molecule has 6 heteroatoms. The molecule has 1 aliphatic heterocycles. The van der Waals surface area contributed by atoms with Crippen molar-refractivity contribution in [3.63, 3.8) is 0 Å². The summed E-state index contributed by atoms with van der Waals surface area (Å²) in [7, 11) is 0. The molecule has 2 heterocycles. The van der Waals surface area contributed by atoms with Crippen LogP contribution in [-0.2, 0) is 0 Å². The van der Waals surface area contributed by atoms with Gasteiger partial charge in [0.25, 0.3) is 0 Å². The topological polar surface area (TPSA) is 66.8 Å². The number of nitrogens with two attached hydrogens (primary N) is 1. The number of likely N-dealkylation sites (tertiary alicyclic amines) is 1. The minimum atomic E-state index is 0. The number of nitrogens with zero attached hydrogens (tertiary/aromatic N) is 2. The molecule has 1 unspecified atom stereocenters. The molecule has 5 nitrogen and oxygen atoms in total. The zero-order chi connectivity index (χ0) is 14.5. The van der Waals surface area contributed by atoms with Crippen molar-refractivity contribution in [1.82, 2.24) is 10.2 Å². The highest BCUT2D eigenvalue weighted by Crippen LogP contribution is 2.25. The predicted octanol–water partition coefficient (Wildman–Crippen LogP) is 2.88. The lowest BCUT2D eigenvalue weighted by Gasteiger charge is -2.24. The lowest BCUT2D eigenvalue weighted by Crippen LogP contribution is -2.39. The van der Waals surface area contributed by atoms with Crippen LogP contribution in [0.2, 0.25) is 0 Å². The fourth-order valence-corrected chi connectivity index (χ4v) is 3.43. The molecule has 0 aromatic carbocycles. The third-order valence-corrected chi connectivity index (χ3v) is 4.59. The molecule has 0 amide bonds. The number of halogens is 1. The summed E-state index contributed by atoms with van der Waals surface area (Å²) < 4.78 is 5.60. The summed E-state index contributed by atoms with van der Waals surface area (Å²) in [5.41, 5.74) is 6.04. The van der Waals surface area contributed by atoms with E-state index in [2.05, 4.69) is 15.2 Å². The average Bonchev–Trinajstić information content (AvgIpc) is 3.23. The molecule has 3 N–H and O–H groups in total. The van der Waals surface area contributed by atoms with Crippen LogP contribution in [0.5, 0.6) is 0 Å². The van der Waals surface area contributed by atoms with Gasteiger partial charge in [0.05, 0.1) is 18.8 Å². The van der Waals surface area contributed by atoms with Gasteiger partial charge in [-0.05, 0) is 50.9 Å². The Morgan fingerprint density at radius 2 is 2.05 bits per heavy atom. The fraction of sp³-hybridized carbons (Fsp3) is 0.688.